The third kappa shape index (κ3) is 8.05. The molecule has 2 N–H and O–H groups in total. The summed E-state index contributed by atoms with van der Waals surface area (Å²) in [6.45, 7) is 5.32. The Kier molecular flexibility index (Phi) is 6.93. The van der Waals surface area contributed by atoms with Crippen molar-refractivity contribution in [2.75, 3.05) is 12.7 Å². The summed E-state index contributed by atoms with van der Waals surface area (Å²) < 4.78 is 9.78. The molecular formula is C7H18NO2P. The van der Waals surface area contributed by atoms with E-state index in [2.05, 4.69) is 12.2 Å². The van der Waals surface area contributed by atoms with Gasteiger partial charge < -0.3 is 10.2 Å². The lowest BCUT2D eigenvalue weighted by atomic mass is 10.1. The van der Waals surface area contributed by atoms with Gasteiger partial charge in [-0.3, -0.25) is 4.57 Å². The predicted molar refractivity (Wildman–Crippen MR) is 48.5 cm³/mol. The summed E-state index contributed by atoms with van der Waals surface area (Å²) in [7, 11) is -2.14. The van der Waals surface area contributed by atoms with E-state index in [9.17, 15) is 4.57 Å². The van der Waals surface area contributed by atoms with Gasteiger partial charge in [-0.1, -0.05) is 6.92 Å². The molecule has 3 nitrogen and oxygen atoms in total. The van der Waals surface area contributed by atoms with E-state index in [4.69, 9.17) is 4.89 Å². The summed E-state index contributed by atoms with van der Waals surface area (Å²) in [4.78, 5) is 8.10. The maximum absolute atomic E-state index is 9.78. The summed E-state index contributed by atoms with van der Waals surface area (Å²) in [6.07, 6.45) is 2.67. The van der Waals surface area contributed by atoms with E-state index in [0.717, 1.165) is 12.5 Å². The van der Waals surface area contributed by atoms with Crippen molar-refractivity contribution >= 4 is 8.03 Å². The molecule has 68 valence electrons. The van der Waals surface area contributed by atoms with Crippen LogP contribution in [0.25, 0.3) is 0 Å². The average Bonchev–Trinajstić information content (AvgIpc) is 1.85. The molecule has 0 amide bonds. The fraction of sp³-hybridized carbons (Fsp3) is 1.00. The Hall–Kier alpha value is 0.150. The molecule has 0 aromatic rings. The zero-order valence-electron chi connectivity index (χ0n) is 7.26. The van der Waals surface area contributed by atoms with Crippen LogP contribution in [0, 0.1) is 0 Å². The second-order valence-corrected chi connectivity index (χ2v) is 4.08. The molecular weight excluding hydrogens is 161 g/mol. The summed E-state index contributed by atoms with van der Waals surface area (Å²) >= 11 is 0. The Morgan fingerprint density at radius 2 is 2.18 bits per heavy atom. The minimum absolute atomic E-state index is 0.477. The monoisotopic (exact) mass is 179 g/mol. The van der Waals surface area contributed by atoms with Gasteiger partial charge in [0.05, 0.1) is 0 Å². The Morgan fingerprint density at radius 3 is 2.18 bits per heavy atom. The van der Waals surface area contributed by atoms with E-state index in [0.29, 0.717) is 6.16 Å². The van der Waals surface area contributed by atoms with Crippen LogP contribution in [0.5, 0.6) is 0 Å². The molecule has 2 unspecified atom stereocenters. The largest absolute Gasteiger partial charge is 0.346 e. The highest BCUT2D eigenvalue weighted by Gasteiger charge is 2.07. The second-order valence-electron chi connectivity index (χ2n) is 2.79. The van der Waals surface area contributed by atoms with Crippen molar-refractivity contribution in [3.8, 4) is 0 Å². The van der Waals surface area contributed by atoms with Crippen molar-refractivity contribution in [2.24, 2.45) is 0 Å². The number of nitrogens with one attached hydrogen (secondary N) is 1. The molecule has 4 heteroatoms. The molecule has 1 rings (SSSR count). The van der Waals surface area contributed by atoms with Gasteiger partial charge in [0.25, 0.3) is 0 Å². The Labute approximate surface area is 69.1 Å². The van der Waals surface area contributed by atoms with E-state index < -0.39 is 8.03 Å². The fourth-order valence-electron chi connectivity index (χ4n) is 0.647. The van der Waals surface area contributed by atoms with Gasteiger partial charge in [-0.25, -0.2) is 0 Å². The molecule has 1 aliphatic rings. The molecule has 0 aliphatic carbocycles. The van der Waals surface area contributed by atoms with Gasteiger partial charge in [-0.2, -0.15) is 0 Å². The van der Waals surface area contributed by atoms with E-state index in [1.54, 1.807) is 0 Å². The van der Waals surface area contributed by atoms with Crippen LogP contribution in [0.1, 0.15) is 26.7 Å². The average molecular weight is 179 g/mol. The summed E-state index contributed by atoms with van der Waals surface area (Å²) in [6, 6.07) is 0.815. The van der Waals surface area contributed by atoms with E-state index in [1.165, 1.54) is 13.0 Å². The Bertz CT molecular complexity index is 115. The van der Waals surface area contributed by atoms with Crippen LogP contribution in [0.15, 0.2) is 0 Å². The predicted octanol–water partition coefficient (Wildman–Crippen LogP) is 1.23. The maximum Gasteiger partial charge on any atom is 0.189 e. The lowest BCUT2D eigenvalue weighted by Gasteiger charge is -2.22. The Morgan fingerprint density at radius 1 is 1.73 bits per heavy atom. The van der Waals surface area contributed by atoms with Crippen LogP contribution < -0.4 is 5.32 Å². The van der Waals surface area contributed by atoms with E-state index >= 15 is 0 Å². The third-order valence-corrected chi connectivity index (χ3v) is 2.46. The van der Waals surface area contributed by atoms with Crippen LogP contribution in [0.3, 0.4) is 0 Å². The van der Waals surface area contributed by atoms with E-state index in [1.807, 2.05) is 6.92 Å². The molecule has 1 aliphatic heterocycles. The van der Waals surface area contributed by atoms with E-state index in [-0.39, 0.29) is 0 Å². The molecule has 2 atom stereocenters. The smallest absolute Gasteiger partial charge is 0.189 e. The molecule has 1 fully saturated rings. The molecule has 0 bridgehead atoms. The maximum atomic E-state index is 9.78. The standard InChI is InChI=1S/C4H9N.C3H9O2P/c1-4-2-3-5-4;1-2-3-6(4)5/h4-5H,2-3H2,1H3;6H,2-3H2,1H3,(H,4,5). The van der Waals surface area contributed by atoms with Crippen LogP contribution in [-0.4, -0.2) is 23.6 Å². The molecule has 1 saturated heterocycles. The minimum Gasteiger partial charge on any atom is -0.346 e. The van der Waals surface area contributed by atoms with Gasteiger partial charge in [0, 0.05) is 12.2 Å². The van der Waals surface area contributed by atoms with Crippen LogP contribution in [0.4, 0.5) is 0 Å². The molecule has 1 heterocycles. The van der Waals surface area contributed by atoms with Crippen molar-refractivity contribution in [3.05, 3.63) is 0 Å². The first-order valence-corrected chi connectivity index (χ1v) is 5.68. The van der Waals surface area contributed by atoms with Crippen LogP contribution >= 0.6 is 8.03 Å². The number of hydrogen-bond donors (Lipinski definition) is 2. The van der Waals surface area contributed by atoms with Gasteiger partial charge in [-0.05, 0) is 26.3 Å². The van der Waals surface area contributed by atoms with Gasteiger partial charge in [-0.15, -0.1) is 0 Å². The molecule has 0 aromatic carbocycles. The molecule has 11 heavy (non-hydrogen) atoms. The van der Waals surface area contributed by atoms with Gasteiger partial charge >= 0.3 is 0 Å². The zero-order valence-corrected chi connectivity index (χ0v) is 8.26. The second kappa shape index (κ2) is 6.84. The van der Waals surface area contributed by atoms with Crippen LogP contribution in [0.2, 0.25) is 0 Å². The van der Waals surface area contributed by atoms with Crippen LogP contribution in [-0.2, 0) is 4.57 Å². The zero-order chi connectivity index (χ0) is 8.69. The summed E-state index contributed by atoms with van der Waals surface area (Å²) in [5.41, 5.74) is 0. The van der Waals surface area contributed by atoms with Crippen molar-refractivity contribution in [3.63, 3.8) is 0 Å². The lowest BCUT2D eigenvalue weighted by molar-refractivity contribution is 0.399. The highest BCUT2D eigenvalue weighted by atomic mass is 31.1. The first-order valence-electron chi connectivity index (χ1n) is 4.12. The first-order chi connectivity index (χ1) is 5.16. The molecule has 0 aromatic heterocycles. The number of rotatable bonds is 2. The highest BCUT2D eigenvalue weighted by Crippen LogP contribution is 2.12. The SMILES string of the molecule is CC1CCN1.CCC[PH](=O)O. The lowest BCUT2D eigenvalue weighted by Crippen LogP contribution is -2.39. The summed E-state index contributed by atoms with van der Waals surface area (Å²) in [5.74, 6) is 0. The minimum atomic E-state index is -2.14. The third-order valence-electron chi connectivity index (χ3n) is 1.53. The van der Waals surface area contributed by atoms with Crippen molar-refractivity contribution < 1.29 is 9.46 Å². The van der Waals surface area contributed by atoms with Gasteiger partial charge in [0.1, 0.15) is 0 Å². The quantitative estimate of drug-likeness (QED) is 0.627. The summed E-state index contributed by atoms with van der Waals surface area (Å²) in [5, 5.41) is 3.21. The normalized spacial score (nSPS) is 24.5. The van der Waals surface area contributed by atoms with Gasteiger partial charge in [0.15, 0.2) is 8.03 Å². The first kappa shape index (κ1) is 11.2. The highest BCUT2D eigenvalue weighted by molar-refractivity contribution is 7.37. The topological polar surface area (TPSA) is 49.3 Å². The molecule has 0 spiro atoms. The molecule has 0 radical (unpaired) electrons. The Balaban J connectivity index is 0.000000183. The fourth-order valence-corrected chi connectivity index (χ4v) is 1.07. The van der Waals surface area contributed by atoms with Crippen molar-refractivity contribution in [2.45, 2.75) is 32.7 Å². The molecule has 0 saturated carbocycles. The van der Waals surface area contributed by atoms with Crippen molar-refractivity contribution in [1.82, 2.24) is 5.32 Å². The number of hydrogen-bond acceptors (Lipinski definition) is 2. The van der Waals surface area contributed by atoms with Crippen molar-refractivity contribution in [1.29, 1.82) is 0 Å². The van der Waals surface area contributed by atoms with Gasteiger partial charge in [0.2, 0.25) is 0 Å².